The second kappa shape index (κ2) is 9.50. The Morgan fingerprint density at radius 3 is 2.22 bits per heavy atom. The van der Waals surface area contributed by atoms with Gasteiger partial charge in [-0.1, -0.05) is 38.5 Å². The first-order chi connectivity index (χ1) is 12.5. The fraction of sp³-hybridized carbons (Fsp3) is 0.350. The normalized spacial score (nSPS) is 12.0. The molecule has 0 aliphatic heterocycles. The molecule has 2 rings (SSSR count). The van der Waals surface area contributed by atoms with Crippen LogP contribution in [0.1, 0.15) is 54.8 Å². The fourth-order valence-electron chi connectivity index (χ4n) is 2.25. The highest BCUT2D eigenvalue weighted by Crippen LogP contribution is 2.35. The van der Waals surface area contributed by atoms with Gasteiger partial charge >= 0.3 is 6.18 Å². The van der Waals surface area contributed by atoms with Gasteiger partial charge in [-0.2, -0.15) is 13.2 Å². The molecule has 0 saturated carbocycles. The Bertz CT molecular complexity index is 785. The largest absolute Gasteiger partial charge is 0.454 e. The molecular formula is C20H22F4O3. The van der Waals surface area contributed by atoms with E-state index in [1.54, 1.807) is 19.1 Å². The number of rotatable bonds is 4. The van der Waals surface area contributed by atoms with Crippen molar-refractivity contribution in [3.05, 3.63) is 58.9 Å². The summed E-state index contributed by atoms with van der Waals surface area (Å²) >= 11 is 0. The molecule has 0 aliphatic rings. The van der Waals surface area contributed by atoms with E-state index in [-0.39, 0.29) is 22.8 Å². The summed E-state index contributed by atoms with van der Waals surface area (Å²) in [5.74, 6) is -1.61. The van der Waals surface area contributed by atoms with Gasteiger partial charge in [0.15, 0.2) is 23.5 Å². The summed E-state index contributed by atoms with van der Waals surface area (Å²) in [7, 11) is 0. The molecule has 1 unspecified atom stereocenters. The minimum Gasteiger partial charge on any atom is -0.454 e. The van der Waals surface area contributed by atoms with Crippen LogP contribution >= 0.6 is 0 Å². The van der Waals surface area contributed by atoms with Crippen LogP contribution in [0.2, 0.25) is 0 Å². The average molecular weight is 386 g/mol. The minimum atomic E-state index is -4.90. The van der Waals surface area contributed by atoms with Crippen LogP contribution in [0.5, 0.6) is 11.5 Å². The molecule has 0 bridgehead atoms. The van der Waals surface area contributed by atoms with E-state index in [0.717, 1.165) is 12.1 Å². The zero-order chi connectivity index (χ0) is 20.8. The molecule has 3 nitrogen and oxygen atoms in total. The number of Topliss-reactive ketones (excluding diaryl/α,β-unsaturated/α-hetero) is 1. The quantitative estimate of drug-likeness (QED) is 0.507. The van der Waals surface area contributed by atoms with Gasteiger partial charge in [0.05, 0.1) is 5.56 Å². The van der Waals surface area contributed by atoms with E-state index in [9.17, 15) is 22.4 Å². The number of hydrogen-bond donors (Lipinski definition) is 1. The van der Waals surface area contributed by atoms with Crippen LogP contribution in [-0.4, -0.2) is 17.1 Å². The lowest BCUT2D eigenvalue weighted by molar-refractivity contribution is -0.206. The molecular weight excluding hydrogens is 364 g/mol. The number of benzene rings is 2. The Hall–Kier alpha value is -2.41. The van der Waals surface area contributed by atoms with Crippen molar-refractivity contribution in [2.24, 2.45) is 0 Å². The first-order valence-electron chi connectivity index (χ1n) is 8.35. The number of alkyl halides is 3. The van der Waals surface area contributed by atoms with Crippen molar-refractivity contribution in [3.8, 4) is 11.5 Å². The van der Waals surface area contributed by atoms with Crippen LogP contribution in [0.25, 0.3) is 0 Å². The third-order valence-electron chi connectivity index (χ3n) is 3.39. The number of carbonyl (C=O) groups excluding carboxylic acids is 1. The molecule has 1 atom stereocenters. The van der Waals surface area contributed by atoms with Crippen molar-refractivity contribution < 1.29 is 32.2 Å². The molecule has 0 saturated heterocycles. The smallest absolute Gasteiger partial charge is 0.418 e. The summed E-state index contributed by atoms with van der Waals surface area (Å²) in [6, 6.07) is 7.20. The molecule has 0 fully saturated rings. The van der Waals surface area contributed by atoms with E-state index in [0.29, 0.717) is 11.6 Å². The summed E-state index contributed by atoms with van der Waals surface area (Å²) in [6.07, 6.45) is -6.43. The van der Waals surface area contributed by atoms with E-state index in [2.05, 4.69) is 13.8 Å². The third kappa shape index (κ3) is 6.06. The predicted molar refractivity (Wildman–Crippen MR) is 94.6 cm³/mol. The van der Waals surface area contributed by atoms with Crippen LogP contribution in [-0.2, 0) is 0 Å². The monoisotopic (exact) mass is 386 g/mol. The van der Waals surface area contributed by atoms with Gasteiger partial charge in [0.1, 0.15) is 5.75 Å². The lowest BCUT2D eigenvalue weighted by Crippen LogP contribution is -2.20. The van der Waals surface area contributed by atoms with Gasteiger partial charge in [-0.15, -0.1) is 0 Å². The summed E-state index contributed by atoms with van der Waals surface area (Å²) in [4.78, 5) is 11.7. The Kier molecular flexibility index (Phi) is 7.97. The van der Waals surface area contributed by atoms with E-state index in [1.807, 2.05) is 0 Å². The average Bonchev–Trinajstić information content (AvgIpc) is 2.55. The van der Waals surface area contributed by atoms with E-state index in [1.165, 1.54) is 19.4 Å². The van der Waals surface area contributed by atoms with Gasteiger partial charge in [0, 0.05) is 0 Å². The van der Waals surface area contributed by atoms with E-state index in [4.69, 9.17) is 9.84 Å². The molecule has 0 heterocycles. The number of aliphatic hydroxyl groups excluding tert-OH is 1. The van der Waals surface area contributed by atoms with Crippen LogP contribution in [0.4, 0.5) is 17.6 Å². The number of ether oxygens (including phenoxy) is 1. The Labute approximate surface area is 155 Å². The highest BCUT2D eigenvalue weighted by molar-refractivity contribution is 5.98. The summed E-state index contributed by atoms with van der Waals surface area (Å²) in [5.41, 5.74) is 0.254. The van der Waals surface area contributed by atoms with E-state index >= 15 is 0 Å². The minimum absolute atomic E-state index is 0.102. The summed E-state index contributed by atoms with van der Waals surface area (Å²) in [6.45, 7) is 7.26. The highest BCUT2D eigenvalue weighted by atomic mass is 19.4. The van der Waals surface area contributed by atoms with Gasteiger partial charge < -0.3 is 9.84 Å². The van der Waals surface area contributed by atoms with Crippen LogP contribution in [0.3, 0.4) is 0 Å². The Morgan fingerprint density at radius 2 is 1.74 bits per heavy atom. The molecule has 1 N–H and O–H groups in total. The van der Waals surface area contributed by atoms with Crippen LogP contribution < -0.4 is 4.74 Å². The van der Waals surface area contributed by atoms with Crippen molar-refractivity contribution in [3.63, 3.8) is 0 Å². The molecule has 27 heavy (non-hydrogen) atoms. The Morgan fingerprint density at radius 1 is 1.15 bits per heavy atom. The molecule has 2 aromatic rings. The molecule has 0 radical (unpaired) electrons. The van der Waals surface area contributed by atoms with E-state index < -0.39 is 23.7 Å². The maximum absolute atomic E-state index is 14.0. The number of ketones is 1. The molecule has 2 aromatic carbocycles. The fourth-order valence-corrected chi connectivity index (χ4v) is 2.25. The van der Waals surface area contributed by atoms with Crippen molar-refractivity contribution in [2.45, 2.75) is 46.4 Å². The zero-order valence-corrected chi connectivity index (χ0v) is 15.5. The molecule has 7 heteroatoms. The van der Waals surface area contributed by atoms with Crippen LogP contribution in [0, 0.1) is 12.7 Å². The number of carbonyl (C=O) groups is 1. The van der Waals surface area contributed by atoms with Crippen molar-refractivity contribution in [1.29, 1.82) is 0 Å². The lowest BCUT2D eigenvalue weighted by Gasteiger charge is -2.16. The maximum Gasteiger partial charge on any atom is 0.418 e. The van der Waals surface area contributed by atoms with Gasteiger partial charge in [-0.25, -0.2) is 4.39 Å². The topological polar surface area (TPSA) is 46.5 Å². The summed E-state index contributed by atoms with van der Waals surface area (Å²) in [5, 5.41) is 9.14. The molecule has 0 amide bonds. The first-order valence-corrected chi connectivity index (χ1v) is 8.35. The molecule has 0 aliphatic carbocycles. The highest BCUT2D eigenvalue weighted by Gasteiger charge is 2.39. The second-order valence-corrected chi connectivity index (χ2v) is 5.95. The standard InChI is InChI=1S/C17H14F4O3.C3H8/c1-9-4-3-5-14(15(9)10(2)22)24-13-7-6-11(8-12(13)18)16(23)17(19,20)21;1-3-2/h3-8,16,23H,1-2H3;3H2,1-2H3. The maximum atomic E-state index is 14.0. The third-order valence-corrected chi connectivity index (χ3v) is 3.39. The second-order valence-electron chi connectivity index (χ2n) is 5.95. The SMILES string of the molecule is CC(=O)c1c(C)cccc1Oc1ccc(C(O)C(F)(F)F)cc1F.CCC. The first kappa shape index (κ1) is 22.6. The van der Waals surface area contributed by atoms with Gasteiger partial charge in [0.25, 0.3) is 0 Å². The molecule has 148 valence electrons. The zero-order valence-electron chi connectivity index (χ0n) is 15.5. The number of hydrogen-bond acceptors (Lipinski definition) is 3. The number of aryl methyl sites for hydroxylation is 1. The summed E-state index contributed by atoms with van der Waals surface area (Å²) < 4.78 is 56.8. The number of aliphatic hydroxyl groups is 1. The van der Waals surface area contributed by atoms with Crippen LogP contribution in [0.15, 0.2) is 36.4 Å². The van der Waals surface area contributed by atoms with Gasteiger partial charge in [-0.3, -0.25) is 4.79 Å². The Balaban J connectivity index is 0.00000114. The molecule has 0 aromatic heterocycles. The lowest BCUT2D eigenvalue weighted by atomic mass is 10.0. The number of halogens is 4. The van der Waals surface area contributed by atoms with Gasteiger partial charge in [0.2, 0.25) is 0 Å². The van der Waals surface area contributed by atoms with Gasteiger partial charge in [-0.05, 0) is 43.2 Å². The predicted octanol–water partition coefficient (Wildman–Crippen LogP) is 6.14. The van der Waals surface area contributed by atoms with Crippen molar-refractivity contribution in [1.82, 2.24) is 0 Å². The molecule has 0 spiro atoms. The van der Waals surface area contributed by atoms with Crippen molar-refractivity contribution >= 4 is 5.78 Å². The van der Waals surface area contributed by atoms with Crippen molar-refractivity contribution in [2.75, 3.05) is 0 Å².